The lowest BCUT2D eigenvalue weighted by atomic mass is 10.4. The highest BCUT2D eigenvalue weighted by molar-refractivity contribution is 7.80. The third-order valence-electron chi connectivity index (χ3n) is 0.773. The van der Waals surface area contributed by atoms with E-state index in [1.807, 2.05) is 0 Å². The summed E-state index contributed by atoms with van der Waals surface area (Å²) in [5.74, 6) is 1.36. The van der Waals surface area contributed by atoms with Crippen LogP contribution in [0.3, 0.4) is 0 Å². The first kappa shape index (κ1) is 9.17. The lowest BCUT2D eigenvalue weighted by Gasteiger charge is -1.98. The Morgan fingerprint density at radius 3 is 2.44 bits per heavy atom. The first-order valence-corrected chi connectivity index (χ1v) is 4.06. The van der Waals surface area contributed by atoms with Crippen LogP contribution in [-0.2, 0) is 4.79 Å². The molecule has 9 heavy (non-hydrogen) atoms. The van der Waals surface area contributed by atoms with Gasteiger partial charge in [0.15, 0.2) is 0 Å². The maximum Gasteiger partial charge on any atom is 0.220 e. The lowest BCUT2D eigenvalue weighted by Crippen LogP contribution is -2.25. The molecule has 1 N–H and O–H groups in total. The van der Waals surface area contributed by atoms with E-state index in [2.05, 4.69) is 30.6 Å². The Morgan fingerprint density at radius 2 is 2.00 bits per heavy atom. The standard InChI is InChI=1S/C5H11NOS2/c7-5(1-3-8)6-2-4-9/h8-9H,1-4H2,(H,6,7). The fraction of sp³-hybridized carbons (Fsp3) is 0.800. The van der Waals surface area contributed by atoms with Gasteiger partial charge in [-0.1, -0.05) is 0 Å². The van der Waals surface area contributed by atoms with Crippen LogP contribution in [0.5, 0.6) is 0 Å². The van der Waals surface area contributed by atoms with Gasteiger partial charge in [-0.2, -0.15) is 25.3 Å². The number of nitrogens with one attached hydrogen (secondary N) is 1. The Hall–Kier alpha value is 0.170. The number of thiol groups is 2. The molecule has 0 aliphatic carbocycles. The maximum atomic E-state index is 10.6. The Labute approximate surface area is 66.2 Å². The van der Waals surface area contributed by atoms with Gasteiger partial charge in [0.2, 0.25) is 5.91 Å². The van der Waals surface area contributed by atoms with Crippen LogP contribution in [0.1, 0.15) is 6.42 Å². The van der Waals surface area contributed by atoms with Crippen LogP contribution in [0.2, 0.25) is 0 Å². The minimum absolute atomic E-state index is 0.0547. The van der Waals surface area contributed by atoms with Crippen LogP contribution >= 0.6 is 25.3 Å². The summed E-state index contributed by atoms with van der Waals surface area (Å²) >= 11 is 7.83. The number of carbonyl (C=O) groups excluding carboxylic acids is 1. The summed E-state index contributed by atoms with van der Waals surface area (Å²) in [6, 6.07) is 0. The summed E-state index contributed by atoms with van der Waals surface area (Å²) in [6.45, 7) is 0.649. The fourth-order valence-electron chi connectivity index (χ4n) is 0.385. The van der Waals surface area contributed by atoms with Crippen LogP contribution in [0.4, 0.5) is 0 Å². The molecular weight excluding hydrogens is 154 g/mol. The van der Waals surface area contributed by atoms with Gasteiger partial charge in [0.25, 0.3) is 0 Å². The second-order valence-electron chi connectivity index (χ2n) is 1.55. The Bertz CT molecular complexity index is 87.0. The highest BCUT2D eigenvalue weighted by atomic mass is 32.1. The zero-order valence-electron chi connectivity index (χ0n) is 5.13. The predicted octanol–water partition coefficient (Wildman–Crippen LogP) is 0.352. The van der Waals surface area contributed by atoms with Crippen molar-refractivity contribution >= 4 is 31.2 Å². The molecular formula is C5H11NOS2. The van der Waals surface area contributed by atoms with Crippen molar-refractivity contribution in [2.75, 3.05) is 18.1 Å². The molecule has 0 aromatic rings. The molecule has 0 radical (unpaired) electrons. The van der Waals surface area contributed by atoms with Crippen molar-refractivity contribution < 1.29 is 4.79 Å². The molecule has 0 aliphatic heterocycles. The van der Waals surface area contributed by atoms with Crippen LogP contribution in [0.25, 0.3) is 0 Å². The van der Waals surface area contributed by atoms with E-state index in [-0.39, 0.29) is 5.91 Å². The largest absolute Gasteiger partial charge is 0.355 e. The van der Waals surface area contributed by atoms with E-state index in [0.29, 0.717) is 24.5 Å². The van der Waals surface area contributed by atoms with Gasteiger partial charge in [-0.05, 0) is 5.75 Å². The maximum absolute atomic E-state index is 10.6. The monoisotopic (exact) mass is 165 g/mol. The lowest BCUT2D eigenvalue weighted by molar-refractivity contribution is -0.120. The number of amides is 1. The van der Waals surface area contributed by atoms with Gasteiger partial charge in [-0.3, -0.25) is 4.79 Å². The molecule has 0 rings (SSSR count). The summed E-state index contributed by atoms with van der Waals surface area (Å²) in [7, 11) is 0. The number of carbonyl (C=O) groups is 1. The first-order chi connectivity index (χ1) is 4.31. The molecule has 0 bridgehead atoms. The molecule has 0 heterocycles. The minimum atomic E-state index is 0.0547. The molecule has 0 saturated carbocycles. The van der Waals surface area contributed by atoms with Crippen LogP contribution in [0, 0.1) is 0 Å². The second kappa shape index (κ2) is 6.29. The molecule has 1 amide bonds. The molecule has 0 aromatic heterocycles. The third-order valence-corrected chi connectivity index (χ3v) is 1.22. The molecule has 4 heteroatoms. The molecule has 0 atom stereocenters. The molecule has 0 fully saturated rings. The fourth-order valence-corrected chi connectivity index (χ4v) is 0.700. The molecule has 54 valence electrons. The van der Waals surface area contributed by atoms with E-state index in [1.54, 1.807) is 0 Å². The summed E-state index contributed by atoms with van der Waals surface area (Å²) in [5.41, 5.74) is 0. The van der Waals surface area contributed by atoms with Gasteiger partial charge in [-0.25, -0.2) is 0 Å². The van der Waals surface area contributed by atoms with E-state index < -0.39 is 0 Å². The smallest absolute Gasteiger partial charge is 0.220 e. The van der Waals surface area contributed by atoms with E-state index in [9.17, 15) is 4.79 Å². The molecule has 0 saturated heterocycles. The predicted molar refractivity (Wildman–Crippen MR) is 45.3 cm³/mol. The molecule has 0 aromatic carbocycles. The van der Waals surface area contributed by atoms with Crippen molar-refractivity contribution in [2.45, 2.75) is 6.42 Å². The second-order valence-corrected chi connectivity index (χ2v) is 2.44. The van der Waals surface area contributed by atoms with E-state index in [4.69, 9.17) is 0 Å². The van der Waals surface area contributed by atoms with Gasteiger partial charge < -0.3 is 5.32 Å². The summed E-state index contributed by atoms with van der Waals surface area (Å²) < 4.78 is 0. The van der Waals surface area contributed by atoms with Crippen molar-refractivity contribution in [3.05, 3.63) is 0 Å². The number of rotatable bonds is 4. The average Bonchev–Trinajstić information content (AvgIpc) is 1.85. The number of hydrogen-bond donors (Lipinski definition) is 3. The minimum Gasteiger partial charge on any atom is -0.355 e. The zero-order valence-corrected chi connectivity index (χ0v) is 6.92. The van der Waals surface area contributed by atoms with Crippen molar-refractivity contribution in [3.63, 3.8) is 0 Å². The van der Waals surface area contributed by atoms with Gasteiger partial charge in [0, 0.05) is 18.7 Å². The highest BCUT2D eigenvalue weighted by Crippen LogP contribution is 1.82. The van der Waals surface area contributed by atoms with Gasteiger partial charge in [0.1, 0.15) is 0 Å². The summed E-state index contributed by atoms with van der Waals surface area (Å²) in [5, 5.41) is 2.67. The Balaban J connectivity index is 3.06. The topological polar surface area (TPSA) is 29.1 Å². The quantitative estimate of drug-likeness (QED) is 0.516. The first-order valence-electron chi connectivity index (χ1n) is 2.79. The number of hydrogen-bond acceptors (Lipinski definition) is 3. The van der Waals surface area contributed by atoms with Gasteiger partial charge in [-0.15, -0.1) is 0 Å². The van der Waals surface area contributed by atoms with Crippen molar-refractivity contribution in [1.82, 2.24) is 5.32 Å². The van der Waals surface area contributed by atoms with Crippen LogP contribution in [0.15, 0.2) is 0 Å². The van der Waals surface area contributed by atoms with E-state index >= 15 is 0 Å². The Morgan fingerprint density at radius 1 is 1.33 bits per heavy atom. The van der Waals surface area contributed by atoms with Crippen molar-refractivity contribution in [1.29, 1.82) is 0 Å². The van der Waals surface area contributed by atoms with Crippen molar-refractivity contribution in [2.24, 2.45) is 0 Å². The molecule has 0 aliphatic rings. The normalized spacial score (nSPS) is 9.11. The van der Waals surface area contributed by atoms with Crippen molar-refractivity contribution in [3.8, 4) is 0 Å². The van der Waals surface area contributed by atoms with Gasteiger partial charge in [0.05, 0.1) is 0 Å². The third kappa shape index (κ3) is 6.05. The van der Waals surface area contributed by atoms with E-state index in [1.165, 1.54) is 0 Å². The van der Waals surface area contributed by atoms with Crippen LogP contribution in [-0.4, -0.2) is 24.0 Å². The highest BCUT2D eigenvalue weighted by Gasteiger charge is 1.94. The average molecular weight is 165 g/mol. The summed E-state index contributed by atoms with van der Waals surface area (Å²) in [6.07, 6.45) is 0.497. The van der Waals surface area contributed by atoms with Gasteiger partial charge >= 0.3 is 0 Å². The SMILES string of the molecule is O=C(CCS)NCCS. The molecule has 0 spiro atoms. The molecule has 0 unspecified atom stereocenters. The summed E-state index contributed by atoms with van der Waals surface area (Å²) in [4.78, 5) is 10.6. The zero-order chi connectivity index (χ0) is 7.11. The molecule has 2 nitrogen and oxygen atoms in total. The van der Waals surface area contributed by atoms with E-state index in [0.717, 1.165) is 0 Å². The van der Waals surface area contributed by atoms with Crippen LogP contribution < -0.4 is 5.32 Å². The Kier molecular flexibility index (Phi) is 6.41.